The third-order valence-corrected chi connectivity index (χ3v) is 0.901. The maximum absolute atomic E-state index is 5.30. The number of hydrogen-bond donors (Lipinski definition) is 1. The molecule has 0 aromatic heterocycles. The summed E-state index contributed by atoms with van der Waals surface area (Å²) in [5.74, 6) is 0.438. The zero-order valence-corrected chi connectivity index (χ0v) is 5.26. The van der Waals surface area contributed by atoms with Gasteiger partial charge in [-0.25, -0.2) is 0 Å². The van der Waals surface area contributed by atoms with Crippen LogP contribution in [-0.4, -0.2) is 13.2 Å². The molecule has 0 aliphatic rings. The summed E-state index contributed by atoms with van der Waals surface area (Å²) >= 11 is 0. The second kappa shape index (κ2) is 4.65. The van der Waals surface area contributed by atoms with Crippen molar-refractivity contribution in [2.24, 2.45) is 11.7 Å². The zero-order chi connectivity index (χ0) is 6.41. The quantitative estimate of drug-likeness (QED) is 0.548. The van der Waals surface area contributed by atoms with E-state index in [4.69, 9.17) is 10.5 Å². The van der Waals surface area contributed by atoms with Crippen molar-refractivity contribution in [3.8, 4) is 0 Å². The summed E-state index contributed by atoms with van der Waals surface area (Å²) in [4.78, 5) is 0. The SMILES string of the molecule is C=COC[C@@H](C)CN. The van der Waals surface area contributed by atoms with Gasteiger partial charge in [-0.1, -0.05) is 13.5 Å². The van der Waals surface area contributed by atoms with Crippen molar-refractivity contribution >= 4 is 0 Å². The standard InChI is InChI=1S/C6H13NO/c1-3-8-5-6(2)4-7/h3,6H,1,4-5,7H2,2H3/t6-/m0/s1. The minimum Gasteiger partial charge on any atom is -0.501 e. The van der Waals surface area contributed by atoms with Crippen LogP contribution in [0.15, 0.2) is 12.8 Å². The number of hydrogen-bond acceptors (Lipinski definition) is 2. The molecule has 0 aliphatic heterocycles. The first-order valence-corrected chi connectivity index (χ1v) is 2.73. The van der Waals surface area contributed by atoms with Crippen LogP contribution in [-0.2, 0) is 4.74 Å². The maximum atomic E-state index is 5.30. The van der Waals surface area contributed by atoms with E-state index in [0.717, 1.165) is 0 Å². The molecule has 1 atom stereocenters. The van der Waals surface area contributed by atoms with Crippen LogP contribution in [0.1, 0.15) is 6.92 Å². The summed E-state index contributed by atoms with van der Waals surface area (Å²) in [6.45, 7) is 6.79. The average molecular weight is 115 g/mol. The second-order valence-electron chi connectivity index (χ2n) is 1.84. The second-order valence-corrected chi connectivity index (χ2v) is 1.84. The van der Waals surface area contributed by atoms with E-state index in [9.17, 15) is 0 Å². The fourth-order valence-electron chi connectivity index (χ4n) is 0.300. The lowest BCUT2D eigenvalue weighted by atomic mass is 10.2. The first kappa shape index (κ1) is 7.50. The normalized spacial score (nSPS) is 12.8. The van der Waals surface area contributed by atoms with Gasteiger partial charge in [-0.2, -0.15) is 0 Å². The molecule has 0 aromatic rings. The monoisotopic (exact) mass is 115 g/mol. The lowest BCUT2D eigenvalue weighted by molar-refractivity contribution is 0.207. The predicted octanol–water partition coefficient (Wildman–Crippen LogP) is 0.741. The maximum Gasteiger partial charge on any atom is 0.0910 e. The molecule has 0 rings (SSSR count). The van der Waals surface area contributed by atoms with E-state index in [1.165, 1.54) is 6.26 Å². The highest BCUT2D eigenvalue weighted by Gasteiger charge is 1.94. The van der Waals surface area contributed by atoms with E-state index in [1.54, 1.807) is 0 Å². The topological polar surface area (TPSA) is 35.2 Å². The largest absolute Gasteiger partial charge is 0.501 e. The van der Waals surface area contributed by atoms with Gasteiger partial charge < -0.3 is 10.5 Å². The van der Waals surface area contributed by atoms with E-state index >= 15 is 0 Å². The number of rotatable bonds is 4. The molecule has 2 N–H and O–H groups in total. The van der Waals surface area contributed by atoms with Gasteiger partial charge in [0.15, 0.2) is 0 Å². The summed E-state index contributed by atoms with van der Waals surface area (Å²) in [5.41, 5.74) is 5.30. The molecule has 0 fully saturated rings. The van der Waals surface area contributed by atoms with Crippen molar-refractivity contribution in [3.63, 3.8) is 0 Å². The van der Waals surface area contributed by atoms with E-state index in [2.05, 4.69) is 6.58 Å². The molecule has 0 aliphatic carbocycles. The molecule has 0 saturated carbocycles. The van der Waals surface area contributed by atoms with Crippen LogP contribution in [0, 0.1) is 5.92 Å². The molecule has 0 amide bonds. The molecule has 0 unspecified atom stereocenters. The number of nitrogens with two attached hydrogens (primary N) is 1. The molecule has 2 heteroatoms. The van der Waals surface area contributed by atoms with Crippen LogP contribution in [0.5, 0.6) is 0 Å². The predicted molar refractivity (Wildman–Crippen MR) is 34.4 cm³/mol. The molecule has 0 aromatic carbocycles. The van der Waals surface area contributed by atoms with Crippen molar-refractivity contribution in [1.82, 2.24) is 0 Å². The van der Waals surface area contributed by atoms with Crippen molar-refractivity contribution in [2.75, 3.05) is 13.2 Å². The van der Waals surface area contributed by atoms with Crippen molar-refractivity contribution < 1.29 is 4.74 Å². The third kappa shape index (κ3) is 3.68. The van der Waals surface area contributed by atoms with E-state index in [0.29, 0.717) is 19.1 Å². The van der Waals surface area contributed by atoms with Crippen molar-refractivity contribution in [2.45, 2.75) is 6.92 Å². The van der Waals surface area contributed by atoms with Crippen molar-refractivity contribution in [1.29, 1.82) is 0 Å². The fraction of sp³-hybridized carbons (Fsp3) is 0.667. The Hall–Kier alpha value is -0.500. The summed E-state index contributed by atoms with van der Waals surface area (Å²) < 4.78 is 4.87. The van der Waals surface area contributed by atoms with E-state index in [-0.39, 0.29) is 0 Å². The first-order valence-electron chi connectivity index (χ1n) is 2.73. The molecule has 2 nitrogen and oxygen atoms in total. The molecule has 48 valence electrons. The van der Waals surface area contributed by atoms with Crippen LogP contribution < -0.4 is 5.73 Å². The van der Waals surface area contributed by atoms with Crippen LogP contribution in [0.25, 0.3) is 0 Å². The Bertz CT molecular complexity index is 63.5. The lowest BCUT2D eigenvalue weighted by Gasteiger charge is -2.05. The van der Waals surface area contributed by atoms with Gasteiger partial charge in [0.2, 0.25) is 0 Å². The summed E-state index contributed by atoms with van der Waals surface area (Å²) in [7, 11) is 0. The van der Waals surface area contributed by atoms with Gasteiger partial charge in [-0.05, 0) is 6.54 Å². The summed E-state index contributed by atoms with van der Waals surface area (Å²) in [6, 6.07) is 0. The molecule has 8 heavy (non-hydrogen) atoms. The highest BCUT2D eigenvalue weighted by molar-refractivity contribution is 4.54. The Morgan fingerprint density at radius 3 is 2.88 bits per heavy atom. The average Bonchev–Trinajstić information content (AvgIpc) is 1.83. The third-order valence-electron chi connectivity index (χ3n) is 0.901. The van der Waals surface area contributed by atoms with Gasteiger partial charge in [0.25, 0.3) is 0 Å². The summed E-state index contributed by atoms with van der Waals surface area (Å²) in [6.07, 6.45) is 1.44. The van der Waals surface area contributed by atoms with Crippen LogP contribution >= 0.6 is 0 Å². The van der Waals surface area contributed by atoms with Crippen LogP contribution in [0.4, 0.5) is 0 Å². The highest BCUT2D eigenvalue weighted by atomic mass is 16.5. The number of ether oxygens (including phenoxy) is 1. The van der Waals surface area contributed by atoms with Gasteiger partial charge >= 0.3 is 0 Å². The molecular weight excluding hydrogens is 102 g/mol. The Kier molecular flexibility index (Phi) is 4.36. The zero-order valence-electron chi connectivity index (χ0n) is 5.26. The molecule has 0 saturated heterocycles. The lowest BCUT2D eigenvalue weighted by Crippen LogP contribution is -2.14. The first-order chi connectivity index (χ1) is 3.81. The van der Waals surface area contributed by atoms with Crippen LogP contribution in [0.2, 0.25) is 0 Å². The Labute approximate surface area is 50.3 Å². The van der Waals surface area contributed by atoms with Gasteiger partial charge in [-0.3, -0.25) is 0 Å². The fourth-order valence-corrected chi connectivity index (χ4v) is 0.300. The molecular formula is C6H13NO. The summed E-state index contributed by atoms with van der Waals surface area (Å²) in [5, 5.41) is 0. The van der Waals surface area contributed by atoms with E-state index < -0.39 is 0 Å². The minimum atomic E-state index is 0.438. The van der Waals surface area contributed by atoms with Crippen LogP contribution in [0.3, 0.4) is 0 Å². The molecule has 0 bridgehead atoms. The minimum absolute atomic E-state index is 0.438. The van der Waals surface area contributed by atoms with Gasteiger partial charge in [0.1, 0.15) is 0 Å². The molecule has 0 heterocycles. The smallest absolute Gasteiger partial charge is 0.0910 e. The van der Waals surface area contributed by atoms with Gasteiger partial charge in [0.05, 0.1) is 12.9 Å². The van der Waals surface area contributed by atoms with Crippen molar-refractivity contribution in [3.05, 3.63) is 12.8 Å². The Balaban J connectivity index is 2.97. The van der Waals surface area contributed by atoms with Gasteiger partial charge in [-0.15, -0.1) is 0 Å². The Morgan fingerprint density at radius 2 is 2.50 bits per heavy atom. The molecule has 0 radical (unpaired) electrons. The highest BCUT2D eigenvalue weighted by Crippen LogP contribution is 1.90. The van der Waals surface area contributed by atoms with Gasteiger partial charge in [0, 0.05) is 5.92 Å². The molecule has 0 spiro atoms. The Morgan fingerprint density at radius 1 is 1.88 bits per heavy atom. The van der Waals surface area contributed by atoms with E-state index in [1.807, 2.05) is 6.92 Å².